The van der Waals surface area contributed by atoms with Crippen LogP contribution in [0.5, 0.6) is 11.5 Å². The largest absolute Gasteiger partial charge is 0.493 e. The first-order chi connectivity index (χ1) is 9.65. The fourth-order valence-corrected chi connectivity index (χ4v) is 2.98. The molecule has 0 saturated heterocycles. The second kappa shape index (κ2) is 6.77. The Labute approximate surface area is 127 Å². The van der Waals surface area contributed by atoms with E-state index in [1.54, 1.807) is 37.7 Å². The van der Waals surface area contributed by atoms with Gasteiger partial charge in [0.2, 0.25) is 5.24 Å². The summed E-state index contributed by atoms with van der Waals surface area (Å²) in [7, 11) is 3.14. The van der Waals surface area contributed by atoms with Gasteiger partial charge in [0, 0.05) is 4.88 Å². The number of benzene rings is 1. The molecule has 1 unspecified atom stereocenters. The number of rotatable bonds is 6. The number of hydrogen-bond donors (Lipinski definition) is 0. The van der Waals surface area contributed by atoms with E-state index in [0.717, 1.165) is 10.4 Å². The molecule has 0 spiro atoms. The van der Waals surface area contributed by atoms with Crippen LogP contribution in [0.1, 0.15) is 16.4 Å². The number of carbonyl (C=O) groups excluding carboxylic acids is 1. The second-order valence-electron chi connectivity index (χ2n) is 4.25. The van der Waals surface area contributed by atoms with Crippen molar-refractivity contribution in [2.45, 2.75) is 12.3 Å². The molecule has 2 aromatic rings. The van der Waals surface area contributed by atoms with Crippen LogP contribution in [0, 0.1) is 0 Å². The van der Waals surface area contributed by atoms with E-state index in [1.165, 1.54) is 0 Å². The van der Waals surface area contributed by atoms with Crippen LogP contribution >= 0.6 is 22.9 Å². The van der Waals surface area contributed by atoms with Crippen molar-refractivity contribution >= 4 is 28.2 Å². The van der Waals surface area contributed by atoms with Crippen molar-refractivity contribution in [2.75, 3.05) is 14.2 Å². The van der Waals surface area contributed by atoms with Gasteiger partial charge in [0.25, 0.3) is 0 Å². The molecule has 0 aliphatic heterocycles. The minimum Gasteiger partial charge on any atom is -0.493 e. The Morgan fingerprint density at radius 2 is 2.00 bits per heavy atom. The molecule has 0 fully saturated rings. The minimum atomic E-state index is -0.380. The summed E-state index contributed by atoms with van der Waals surface area (Å²) in [4.78, 5) is 12.8. The number of ether oxygens (including phenoxy) is 2. The fourth-order valence-electron chi connectivity index (χ4n) is 2.03. The molecule has 3 nitrogen and oxygen atoms in total. The number of hydrogen-bond acceptors (Lipinski definition) is 4. The second-order valence-corrected chi connectivity index (χ2v) is 5.66. The molecule has 0 amide bonds. The first kappa shape index (κ1) is 14.9. The van der Waals surface area contributed by atoms with Gasteiger partial charge in [0.05, 0.1) is 20.1 Å². The highest BCUT2D eigenvalue weighted by Crippen LogP contribution is 2.33. The van der Waals surface area contributed by atoms with Gasteiger partial charge in [-0.05, 0) is 47.2 Å². The van der Waals surface area contributed by atoms with Gasteiger partial charge in [0.15, 0.2) is 11.5 Å². The van der Waals surface area contributed by atoms with Crippen LogP contribution in [0.4, 0.5) is 0 Å². The van der Waals surface area contributed by atoms with Crippen molar-refractivity contribution < 1.29 is 14.3 Å². The molecule has 0 aliphatic rings. The van der Waals surface area contributed by atoms with E-state index in [4.69, 9.17) is 21.1 Å². The van der Waals surface area contributed by atoms with Gasteiger partial charge in [-0.15, -0.1) is 11.3 Å². The van der Waals surface area contributed by atoms with Crippen LogP contribution in [-0.2, 0) is 11.2 Å². The zero-order valence-corrected chi connectivity index (χ0v) is 12.8. The summed E-state index contributed by atoms with van der Waals surface area (Å²) in [6.07, 6.45) is 0.593. The molecule has 106 valence electrons. The Morgan fingerprint density at radius 3 is 2.55 bits per heavy atom. The standard InChI is InChI=1S/C15H15ClO3S/c1-18-13-6-5-10(8-14(13)19-2)12(15(16)17)9-11-4-3-7-20-11/h3-8,12H,9H2,1-2H3. The Morgan fingerprint density at radius 1 is 1.25 bits per heavy atom. The normalized spacial score (nSPS) is 11.9. The van der Waals surface area contributed by atoms with Gasteiger partial charge in [-0.2, -0.15) is 0 Å². The number of halogens is 1. The van der Waals surface area contributed by atoms with Gasteiger partial charge < -0.3 is 9.47 Å². The molecular weight excluding hydrogens is 296 g/mol. The third-order valence-corrected chi connectivity index (χ3v) is 4.23. The molecule has 20 heavy (non-hydrogen) atoms. The highest BCUT2D eigenvalue weighted by atomic mass is 35.5. The quantitative estimate of drug-likeness (QED) is 0.760. The molecule has 1 atom stereocenters. The van der Waals surface area contributed by atoms with E-state index in [1.807, 2.05) is 23.6 Å². The van der Waals surface area contributed by atoms with E-state index in [2.05, 4.69) is 0 Å². The molecule has 0 radical (unpaired) electrons. The van der Waals surface area contributed by atoms with Crippen LogP contribution in [0.15, 0.2) is 35.7 Å². The predicted octanol–water partition coefficient (Wildman–Crippen LogP) is 3.86. The van der Waals surface area contributed by atoms with Crippen LogP contribution in [0.2, 0.25) is 0 Å². The van der Waals surface area contributed by atoms with Crippen molar-refractivity contribution in [2.24, 2.45) is 0 Å². The smallest absolute Gasteiger partial charge is 0.229 e. The van der Waals surface area contributed by atoms with Crippen molar-refractivity contribution in [3.8, 4) is 11.5 Å². The number of thiophene rings is 1. The Bertz CT molecular complexity index is 581. The summed E-state index contributed by atoms with van der Waals surface area (Å²) in [6.45, 7) is 0. The molecule has 5 heteroatoms. The molecule has 1 aromatic carbocycles. The highest BCUT2D eigenvalue weighted by molar-refractivity contribution is 7.09. The lowest BCUT2D eigenvalue weighted by atomic mass is 9.96. The van der Waals surface area contributed by atoms with Crippen molar-refractivity contribution in [3.63, 3.8) is 0 Å². The topological polar surface area (TPSA) is 35.5 Å². The molecule has 0 saturated carbocycles. The Hall–Kier alpha value is -1.52. The van der Waals surface area contributed by atoms with Crippen molar-refractivity contribution in [1.29, 1.82) is 0 Å². The highest BCUT2D eigenvalue weighted by Gasteiger charge is 2.21. The molecule has 0 aliphatic carbocycles. The van der Waals surface area contributed by atoms with Gasteiger partial charge in [0.1, 0.15) is 0 Å². The summed E-state index contributed by atoms with van der Waals surface area (Å²) >= 11 is 7.37. The van der Waals surface area contributed by atoms with E-state index >= 15 is 0 Å². The fraction of sp³-hybridized carbons (Fsp3) is 0.267. The van der Waals surface area contributed by atoms with E-state index < -0.39 is 0 Å². The summed E-state index contributed by atoms with van der Waals surface area (Å²) < 4.78 is 10.5. The third kappa shape index (κ3) is 3.32. The number of carbonyl (C=O) groups is 1. The maximum absolute atomic E-state index is 11.7. The monoisotopic (exact) mass is 310 g/mol. The minimum absolute atomic E-state index is 0.370. The van der Waals surface area contributed by atoms with Gasteiger partial charge in [-0.25, -0.2) is 0 Å². The Balaban J connectivity index is 2.32. The average Bonchev–Trinajstić information content (AvgIpc) is 2.96. The summed E-state index contributed by atoms with van der Waals surface area (Å²) in [6, 6.07) is 9.40. The zero-order chi connectivity index (χ0) is 14.5. The molecule has 1 aromatic heterocycles. The summed E-state index contributed by atoms with van der Waals surface area (Å²) in [5.74, 6) is 0.849. The van der Waals surface area contributed by atoms with Crippen LogP contribution < -0.4 is 9.47 Å². The zero-order valence-electron chi connectivity index (χ0n) is 11.3. The maximum Gasteiger partial charge on any atom is 0.229 e. The van der Waals surface area contributed by atoms with Crippen LogP contribution in [0.25, 0.3) is 0 Å². The van der Waals surface area contributed by atoms with Crippen LogP contribution in [-0.4, -0.2) is 19.5 Å². The first-order valence-electron chi connectivity index (χ1n) is 6.09. The molecule has 2 rings (SSSR count). The summed E-state index contributed by atoms with van der Waals surface area (Å²) in [5.41, 5.74) is 0.830. The Kier molecular flexibility index (Phi) is 5.04. The van der Waals surface area contributed by atoms with Gasteiger partial charge in [-0.3, -0.25) is 4.79 Å². The lowest BCUT2D eigenvalue weighted by molar-refractivity contribution is -0.113. The molecular formula is C15H15ClO3S. The molecule has 0 bridgehead atoms. The molecule has 1 heterocycles. The van der Waals surface area contributed by atoms with Crippen molar-refractivity contribution in [1.82, 2.24) is 0 Å². The molecule has 0 N–H and O–H groups in total. The lowest BCUT2D eigenvalue weighted by Crippen LogP contribution is -2.10. The first-order valence-corrected chi connectivity index (χ1v) is 7.35. The van der Waals surface area contributed by atoms with Gasteiger partial charge in [-0.1, -0.05) is 12.1 Å². The van der Waals surface area contributed by atoms with Gasteiger partial charge >= 0.3 is 0 Å². The average molecular weight is 311 g/mol. The SMILES string of the molecule is COc1ccc(C(Cc2cccs2)C(=O)Cl)cc1OC. The van der Waals surface area contributed by atoms with E-state index in [-0.39, 0.29) is 11.2 Å². The van der Waals surface area contributed by atoms with E-state index in [9.17, 15) is 4.79 Å². The maximum atomic E-state index is 11.7. The van der Waals surface area contributed by atoms with E-state index in [0.29, 0.717) is 17.9 Å². The predicted molar refractivity (Wildman–Crippen MR) is 81.2 cm³/mol. The summed E-state index contributed by atoms with van der Waals surface area (Å²) in [5, 5.41) is 1.62. The number of methoxy groups -OCH3 is 2. The van der Waals surface area contributed by atoms with Crippen molar-refractivity contribution in [3.05, 3.63) is 46.2 Å². The lowest BCUT2D eigenvalue weighted by Gasteiger charge is -2.15. The van der Waals surface area contributed by atoms with Crippen LogP contribution in [0.3, 0.4) is 0 Å². The third-order valence-electron chi connectivity index (χ3n) is 3.07.